The van der Waals surface area contributed by atoms with Crippen molar-refractivity contribution >= 4 is 17.5 Å². The highest BCUT2D eigenvalue weighted by atomic mass is 35.5. The molecule has 1 aromatic rings. The highest BCUT2D eigenvalue weighted by molar-refractivity contribution is 6.30. The van der Waals surface area contributed by atoms with Crippen molar-refractivity contribution in [2.75, 3.05) is 0 Å². The van der Waals surface area contributed by atoms with Gasteiger partial charge in [-0.1, -0.05) is 17.7 Å². The highest BCUT2D eigenvalue weighted by Gasteiger charge is 2.29. The van der Waals surface area contributed by atoms with Crippen molar-refractivity contribution in [2.24, 2.45) is 5.92 Å². The molecule has 2 nitrogen and oxygen atoms in total. The van der Waals surface area contributed by atoms with Crippen LogP contribution in [-0.4, -0.2) is 5.91 Å². The molecule has 3 heteroatoms. The van der Waals surface area contributed by atoms with Crippen molar-refractivity contribution in [1.82, 2.24) is 5.32 Å². The first-order valence-electron chi connectivity index (χ1n) is 4.69. The van der Waals surface area contributed by atoms with E-state index in [1.165, 1.54) is 0 Å². The van der Waals surface area contributed by atoms with Gasteiger partial charge >= 0.3 is 0 Å². The molecular weight excluding hydrogens is 198 g/mol. The SMILES string of the molecule is O=C(NCc1c[c]c(Cl)cc1)C1CC1. The molecule has 0 saturated heterocycles. The molecule has 0 aliphatic heterocycles. The second-order valence-electron chi connectivity index (χ2n) is 3.54. The van der Waals surface area contributed by atoms with E-state index < -0.39 is 0 Å². The molecule has 73 valence electrons. The summed E-state index contributed by atoms with van der Waals surface area (Å²) in [5.74, 6) is 0.436. The molecule has 1 saturated carbocycles. The standard InChI is InChI=1S/C11H11ClNO/c12-10-5-1-8(2-6-10)7-13-11(14)9-3-4-9/h1-2,5,9H,3-4,7H2,(H,13,14). The molecule has 1 radical (unpaired) electrons. The Kier molecular flexibility index (Phi) is 2.73. The first-order chi connectivity index (χ1) is 6.75. The quantitative estimate of drug-likeness (QED) is 0.811. The number of carbonyl (C=O) groups excluding carboxylic acids is 1. The second-order valence-corrected chi connectivity index (χ2v) is 3.94. The summed E-state index contributed by atoms with van der Waals surface area (Å²) in [6.07, 6.45) is 2.08. The van der Waals surface area contributed by atoms with Gasteiger partial charge in [0.25, 0.3) is 0 Å². The van der Waals surface area contributed by atoms with Crippen molar-refractivity contribution in [1.29, 1.82) is 0 Å². The van der Waals surface area contributed by atoms with Crippen LogP contribution in [0.3, 0.4) is 0 Å². The normalized spacial score (nSPS) is 15.2. The molecule has 0 unspecified atom stereocenters. The van der Waals surface area contributed by atoms with Gasteiger partial charge in [-0.15, -0.1) is 0 Å². The lowest BCUT2D eigenvalue weighted by Gasteiger charge is -2.03. The average molecular weight is 209 g/mol. The molecule has 14 heavy (non-hydrogen) atoms. The van der Waals surface area contributed by atoms with Gasteiger partial charge in [-0.05, 0) is 30.5 Å². The maximum absolute atomic E-state index is 11.3. The number of benzene rings is 1. The van der Waals surface area contributed by atoms with Crippen LogP contribution in [0.15, 0.2) is 18.2 Å². The maximum atomic E-state index is 11.3. The van der Waals surface area contributed by atoms with Gasteiger partial charge in [-0.3, -0.25) is 4.79 Å². The molecule has 1 fully saturated rings. The summed E-state index contributed by atoms with van der Waals surface area (Å²) in [6.45, 7) is 0.572. The third kappa shape index (κ3) is 2.48. The zero-order valence-corrected chi connectivity index (χ0v) is 8.47. The molecule has 2 rings (SSSR count). The van der Waals surface area contributed by atoms with E-state index in [2.05, 4.69) is 11.4 Å². The van der Waals surface area contributed by atoms with Crippen LogP contribution < -0.4 is 5.32 Å². The van der Waals surface area contributed by atoms with Gasteiger partial charge in [0.05, 0.1) is 0 Å². The Labute approximate surface area is 88.3 Å². The molecule has 0 atom stereocenters. The van der Waals surface area contributed by atoms with Gasteiger partial charge in [0.2, 0.25) is 5.91 Å². The summed E-state index contributed by atoms with van der Waals surface area (Å²) in [6, 6.07) is 8.36. The smallest absolute Gasteiger partial charge is 0.223 e. The first-order valence-corrected chi connectivity index (χ1v) is 5.07. The van der Waals surface area contributed by atoms with Crippen LogP contribution in [0.25, 0.3) is 0 Å². The average Bonchev–Trinajstić information content (AvgIpc) is 3.00. The summed E-state index contributed by atoms with van der Waals surface area (Å²) in [5.41, 5.74) is 1.03. The van der Waals surface area contributed by atoms with Crippen molar-refractivity contribution < 1.29 is 4.79 Å². The van der Waals surface area contributed by atoms with Crippen molar-refractivity contribution in [3.63, 3.8) is 0 Å². The Bertz CT molecular complexity index is 330. The zero-order valence-electron chi connectivity index (χ0n) is 7.72. The van der Waals surface area contributed by atoms with E-state index in [0.29, 0.717) is 11.6 Å². The summed E-state index contributed by atoms with van der Waals surface area (Å²) >= 11 is 5.69. The molecule has 1 aliphatic carbocycles. The van der Waals surface area contributed by atoms with E-state index >= 15 is 0 Å². The largest absolute Gasteiger partial charge is 0.352 e. The van der Waals surface area contributed by atoms with Crippen molar-refractivity contribution in [3.05, 3.63) is 34.9 Å². The Balaban J connectivity index is 1.85. The minimum Gasteiger partial charge on any atom is -0.352 e. The Morgan fingerprint density at radius 3 is 2.93 bits per heavy atom. The molecule has 0 bridgehead atoms. The van der Waals surface area contributed by atoms with E-state index in [1.807, 2.05) is 6.07 Å². The van der Waals surface area contributed by atoms with Gasteiger partial charge in [-0.25, -0.2) is 0 Å². The van der Waals surface area contributed by atoms with Gasteiger partial charge < -0.3 is 5.32 Å². The molecule has 0 heterocycles. The second kappa shape index (κ2) is 4.01. The Hall–Kier alpha value is -1.02. The van der Waals surface area contributed by atoms with Crippen LogP contribution in [-0.2, 0) is 11.3 Å². The van der Waals surface area contributed by atoms with Gasteiger partial charge in [-0.2, -0.15) is 0 Å². The molecule has 0 aromatic heterocycles. The number of hydrogen-bond donors (Lipinski definition) is 1. The lowest BCUT2D eigenvalue weighted by atomic mass is 10.2. The third-order valence-electron chi connectivity index (χ3n) is 2.25. The van der Waals surface area contributed by atoms with E-state index in [-0.39, 0.29) is 11.8 Å². The monoisotopic (exact) mass is 208 g/mol. The number of rotatable bonds is 3. The third-order valence-corrected chi connectivity index (χ3v) is 2.49. The predicted molar refractivity (Wildman–Crippen MR) is 54.9 cm³/mol. The maximum Gasteiger partial charge on any atom is 0.223 e. The minimum atomic E-state index is 0.167. The fourth-order valence-corrected chi connectivity index (χ4v) is 1.34. The fraction of sp³-hybridized carbons (Fsp3) is 0.364. The first kappa shape index (κ1) is 9.53. The van der Waals surface area contributed by atoms with Crippen LogP contribution in [0.5, 0.6) is 0 Å². The van der Waals surface area contributed by atoms with E-state index in [4.69, 9.17) is 11.6 Å². The van der Waals surface area contributed by atoms with Gasteiger partial charge in [0.1, 0.15) is 0 Å². The summed E-state index contributed by atoms with van der Waals surface area (Å²) in [4.78, 5) is 11.3. The molecule has 1 amide bonds. The Morgan fingerprint density at radius 1 is 1.57 bits per heavy atom. The molecule has 1 N–H and O–H groups in total. The van der Waals surface area contributed by atoms with E-state index in [1.54, 1.807) is 12.1 Å². The number of amides is 1. The number of hydrogen-bond acceptors (Lipinski definition) is 1. The van der Waals surface area contributed by atoms with E-state index in [0.717, 1.165) is 18.4 Å². The molecular formula is C11H11ClNO. The minimum absolute atomic E-state index is 0.167. The van der Waals surface area contributed by atoms with Crippen molar-refractivity contribution in [3.8, 4) is 0 Å². The number of halogens is 1. The number of nitrogens with one attached hydrogen (secondary N) is 1. The van der Waals surface area contributed by atoms with E-state index in [9.17, 15) is 4.79 Å². The van der Waals surface area contributed by atoms with Crippen molar-refractivity contribution in [2.45, 2.75) is 19.4 Å². The summed E-state index contributed by atoms with van der Waals surface area (Å²) in [5, 5.41) is 3.48. The Morgan fingerprint density at radius 2 is 2.36 bits per heavy atom. The van der Waals surface area contributed by atoms with Crippen LogP contribution in [0.2, 0.25) is 5.02 Å². The summed E-state index contributed by atoms with van der Waals surface area (Å²) < 4.78 is 0. The fourth-order valence-electron chi connectivity index (χ4n) is 1.23. The molecule has 1 aliphatic rings. The lowest BCUT2D eigenvalue weighted by molar-refractivity contribution is -0.122. The van der Waals surface area contributed by atoms with Crippen LogP contribution in [0, 0.1) is 12.0 Å². The lowest BCUT2D eigenvalue weighted by Crippen LogP contribution is -2.24. The van der Waals surface area contributed by atoms with Crippen LogP contribution >= 0.6 is 11.6 Å². The van der Waals surface area contributed by atoms with Crippen LogP contribution in [0.4, 0.5) is 0 Å². The highest BCUT2D eigenvalue weighted by Crippen LogP contribution is 2.28. The predicted octanol–water partition coefficient (Wildman–Crippen LogP) is 2.17. The topological polar surface area (TPSA) is 29.1 Å². The van der Waals surface area contributed by atoms with Crippen LogP contribution in [0.1, 0.15) is 18.4 Å². The molecule has 0 spiro atoms. The van der Waals surface area contributed by atoms with Gasteiger partial charge in [0, 0.05) is 23.6 Å². The number of carbonyl (C=O) groups is 1. The van der Waals surface area contributed by atoms with Gasteiger partial charge in [0.15, 0.2) is 0 Å². The zero-order chi connectivity index (χ0) is 9.97. The molecule has 1 aromatic carbocycles. The summed E-state index contributed by atoms with van der Waals surface area (Å²) in [7, 11) is 0.